The molecule has 8 aromatic rings. The maximum Gasteiger partial charge on any atom is 0.0715 e. The zero-order chi connectivity index (χ0) is 35.8. The molecule has 0 radical (unpaired) electrons. The number of rotatable bonds is 6. The van der Waals surface area contributed by atoms with Crippen molar-refractivity contribution in [2.45, 2.75) is 11.8 Å². The predicted octanol–water partition coefficient (Wildman–Crippen LogP) is 14.1. The first kappa shape index (κ1) is 31.9. The summed E-state index contributed by atoms with van der Waals surface area (Å²) in [5.74, 6) is 0.660. The topological polar surface area (TPSA) is 12.9 Å². The van der Waals surface area contributed by atoms with E-state index >= 15 is 0 Å². The molecule has 1 nitrogen and oxygen atoms in total. The van der Waals surface area contributed by atoms with Crippen LogP contribution in [0.25, 0.3) is 78.1 Å². The monoisotopic (exact) mass is 687 g/mol. The molecule has 2 unspecified atom stereocenters. The van der Waals surface area contributed by atoms with Gasteiger partial charge in [0.25, 0.3) is 0 Å². The minimum Gasteiger partial charge on any atom is -0.248 e. The molecule has 0 saturated heterocycles. The maximum atomic E-state index is 5.17. The molecule has 0 spiro atoms. The summed E-state index contributed by atoms with van der Waals surface area (Å²) in [5.41, 5.74) is 19.2. The summed E-state index contributed by atoms with van der Waals surface area (Å²) in [7, 11) is 0. The average molecular weight is 688 g/mol. The second kappa shape index (κ2) is 13.6. The molecule has 7 aromatic carbocycles. The van der Waals surface area contributed by atoms with Gasteiger partial charge in [0.05, 0.1) is 11.4 Å². The summed E-state index contributed by atoms with van der Waals surface area (Å²) in [6.45, 7) is 0. The van der Waals surface area contributed by atoms with E-state index in [-0.39, 0.29) is 0 Å². The minimum absolute atomic E-state index is 0.313. The van der Waals surface area contributed by atoms with Crippen LogP contribution in [-0.2, 0) is 0 Å². The Morgan fingerprint density at radius 2 is 0.685 bits per heavy atom. The first-order chi connectivity index (χ1) is 26.8. The van der Waals surface area contributed by atoms with Gasteiger partial charge in [-0.25, -0.2) is 4.98 Å². The highest BCUT2D eigenvalue weighted by molar-refractivity contribution is 5.97. The van der Waals surface area contributed by atoms with E-state index in [1.165, 1.54) is 61.2 Å². The molecule has 254 valence electrons. The van der Waals surface area contributed by atoms with Crippen LogP contribution in [0.4, 0.5) is 0 Å². The van der Waals surface area contributed by atoms with Crippen molar-refractivity contribution < 1.29 is 0 Å². The highest BCUT2D eigenvalue weighted by Crippen LogP contribution is 2.51. The molecule has 0 bridgehead atoms. The summed E-state index contributed by atoms with van der Waals surface area (Å²) in [6, 6.07) is 68.1. The van der Waals surface area contributed by atoms with Crippen LogP contribution in [-0.4, -0.2) is 4.98 Å². The van der Waals surface area contributed by atoms with Crippen LogP contribution in [0.3, 0.4) is 0 Å². The van der Waals surface area contributed by atoms with Gasteiger partial charge in [0.1, 0.15) is 0 Å². The maximum absolute atomic E-state index is 5.17. The van der Waals surface area contributed by atoms with Crippen molar-refractivity contribution in [2.24, 2.45) is 0 Å². The highest BCUT2D eigenvalue weighted by atomic mass is 14.7. The van der Waals surface area contributed by atoms with Crippen LogP contribution < -0.4 is 0 Å². The van der Waals surface area contributed by atoms with Gasteiger partial charge in [0.2, 0.25) is 0 Å². The quantitative estimate of drug-likeness (QED) is 0.170. The van der Waals surface area contributed by atoms with Crippen LogP contribution in [0.15, 0.2) is 212 Å². The smallest absolute Gasteiger partial charge is 0.0715 e. The molecule has 10 rings (SSSR count). The van der Waals surface area contributed by atoms with Crippen molar-refractivity contribution in [3.05, 3.63) is 223 Å². The standard InChI is InChI=1S/C53H37N/c1-3-17-36(18-4-1)52-34-39(35-53(54-52)37-19-5-2-6-20-37)41-22-8-10-24-43(41)45-26-12-11-25-44(45)42-23-9-7-21-40(42)38-31-32-50-48-29-14-13-27-46(48)47-28-15-16-30-49(47)51(50)33-38/h1-35,47,49H. The molecule has 1 heteroatoms. The van der Waals surface area contributed by atoms with E-state index in [4.69, 9.17) is 4.98 Å². The molecule has 2 atom stereocenters. The zero-order valence-corrected chi connectivity index (χ0v) is 29.8. The molecule has 2 aliphatic carbocycles. The number of aromatic nitrogens is 1. The Balaban J connectivity index is 1.12. The third kappa shape index (κ3) is 5.62. The van der Waals surface area contributed by atoms with Gasteiger partial charge in [-0.2, -0.15) is 0 Å². The Labute approximate surface area is 317 Å². The summed E-state index contributed by atoms with van der Waals surface area (Å²) in [6.07, 6.45) is 9.16. The Kier molecular flexibility index (Phi) is 8.04. The Morgan fingerprint density at radius 3 is 1.24 bits per heavy atom. The molecular formula is C53H37N. The largest absolute Gasteiger partial charge is 0.248 e. The number of hydrogen-bond acceptors (Lipinski definition) is 1. The fourth-order valence-corrected chi connectivity index (χ4v) is 8.58. The third-order valence-corrected chi connectivity index (χ3v) is 11.1. The minimum atomic E-state index is 0.313. The van der Waals surface area contributed by atoms with E-state index in [2.05, 4.69) is 212 Å². The van der Waals surface area contributed by atoms with Crippen LogP contribution in [0, 0.1) is 0 Å². The van der Waals surface area contributed by atoms with Crippen molar-refractivity contribution >= 4 is 0 Å². The van der Waals surface area contributed by atoms with Gasteiger partial charge in [0.15, 0.2) is 0 Å². The lowest BCUT2D eigenvalue weighted by Gasteiger charge is -2.34. The molecule has 2 aliphatic rings. The van der Waals surface area contributed by atoms with Crippen molar-refractivity contribution in [1.82, 2.24) is 4.98 Å². The molecular weight excluding hydrogens is 651 g/mol. The second-order valence-corrected chi connectivity index (χ2v) is 14.2. The Morgan fingerprint density at radius 1 is 0.278 bits per heavy atom. The third-order valence-electron chi connectivity index (χ3n) is 11.1. The van der Waals surface area contributed by atoms with Gasteiger partial charge >= 0.3 is 0 Å². The molecule has 1 heterocycles. The molecule has 0 N–H and O–H groups in total. The summed E-state index contributed by atoms with van der Waals surface area (Å²) in [4.78, 5) is 5.17. The molecule has 0 aliphatic heterocycles. The van der Waals surface area contributed by atoms with Crippen LogP contribution in [0.2, 0.25) is 0 Å². The van der Waals surface area contributed by atoms with E-state index in [0.717, 1.165) is 28.1 Å². The van der Waals surface area contributed by atoms with Crippen LogP contribution >= 0.6 is 0 Å². The summed E-state index contributed by atoms with van der Waals surface area (Å²) in [5, 5.41) is 0. The van der Waals surface area contributed by atoms with Gasteiger partial charge in [-0.05, 0) is 85.0 Å². The van der Waals surface area contributed by atoms with Crippen molar-refractivity contribution in [1.29, 1.82) is 0 Å². The van der Waals surface area contributed by atoms with Crippen molar-refractivity contribution in [2.75, 3.05) is 0 Å². The normalized spacial score (nSPS) is 15.3. The molecule has 1 aromatic heterocycles. The molecule has 54 heavy (non-hydrogen) atoms. The summed E-state index contributed by atoms with van der Waals surface area (Å²) < 4.78 is 0. The first-order valence-electron chi connectivity index (χ1n) is 18.8. The first-order valence-corrected chi connectivity index (χ1v) is 18.8. The van der Waals surface area contributed by atoms with Gasteiger partial charge < -0.3 is 0 Å². The molecule has 0 amide bonds. The fourth-order valence-electron chi connectivity index (χ4n) is 8.58. The lowest BCUT2D eigenvalue weighted by molar-refractivity contribution is 0.720. The number of hydrogen-bond donors (Lipinski definition) is 0. The number of fused-ring (bicyclic) bond motifs is 6. The SMILES string of the molecule is C1=CC2c3ccccc3-c3ccc(-c4ccccc4-c4ccccc4-c4ccccc4-c4cc(-c5ccccc5)nc(-c5ccccc5)c4)cc3C2C=C1. The van der Waals surface area contributed by atoms with Gasteiger partial charge in [0, 0.05) is 23.0 Å². The number of nitrogens with zero attached hydrogens (tertiary/aromatic N) is 1. The van der Waals surface area contributed by atoms with E-state index in [1.807, 2.05) is 0 Å². The van der Waals surface area contributed by atoms with Gasteiger partial charge in [-0.3, -0.25) is 0 Å². The van der Waals surface area contributed by atoms with Crippen molar-refractivity contribution in [3.8, 4) is 78.1 Å². The van der Waals surface area contributed by atoms with E-state index in [0.29, 0.717) is 11.8 Å². The highest BCUT2D eigenvalue weighted by Gasteiger charge is 2.32. The number of allylic oxidation sites excluding steroid dienone is 4. The van der Waals surface area contributed by atoms with Crippen LogP contribution in [0.1, 0.15) is 23.0 Å². The van der Waals surface area contributed by atoms with Gasteiger partial charge in [-0.1, -0.05) is 194 Å². The summed E-state index contributed by atoms with van der Waals surface area (Å²) >= 11 is 0. The van der Waals surface area contributed by atoms with Gasteiger partial charge in [-0.15, -0.1) is 0 Å². The fraction of sp³-hybridized carbons (Fsp3) is 0.0377. The Bertz CT molecular complexity index is 2660. The lowest BCUT2D eigenvalue weighted by Crippen LogP contribution is -2.16. The number of pyridine rings is 1. The van der Waals surface area contributed by atoms with E-state index in [9.17, 15) is 0 Å². The van der Waals surface area contributed by atoms with Crippen molar-refractivity contribution in [3.63, 3.8) is 0 Å². The van der Waals surface area contributed by atoms with E-state index in [1.54, 1.807) is 0 Å². The zero-order valence-electron chi connectivity index (χ0n) is 29.8. The predicted molar refractivity (Wildman–Crippen MR) is 226 cm³/mol. The second-order valence-electron chi connectivity index (χ2n) is 14.2. The molecule has 0 fully saturated rings. The lowest BCUT2D eigenvalue weighted by atomic mass is 9.69. The average Bonchev–Trinajstić information content (AvgIpc) is 3.27. The van der Waals surface area contributed by atoms with E-state index < -0.39 is 0 Å². The van der Waals surface area contributed by atoms with Crippen LogP contribution in [0.5, 0.6) is 0 Å². The Hall–Kier alpha value is -6.83. The molecule has 0 saturated carbocycles. The number of benzene rings is 7.